The third kappa shape index (κ3) is 5.09. The van der Waals surface area contributed by atoms with E-state index in [4.69, 9.17) is 9.72 Å². The van der Waals surface area contributed by atoms with Gasteiger partial charge in [0.1, 0.15) is 16.8 Å². The van der Waals surface area contributed by atoms with Crippen molar-refractivity contribution in [1.29, 1.82) is 0 Å². The second-order valence-corrected chi connectivity index (χ2v) is 9.44. The normalized spacial score (nSPS) is 21.3. The fraction of sp³-hybridized carbons (Fsp3) is 0.360. The predicted molar refractivity (Wildman–Crippen MR) is 130 cm³/mol. The number of rotatable bonds is 6. The molecule has 2 saturated heterocycles. The number of thiazole rings is 1. The summed E-state index contributed by atoms with van der Waals surface area (Å²) in [5.41, 5.74) is 9.80. The van der Waals surface area contributed by atoms with E-state index in [1.807, 2.05) is 47.4 Å². The number of hydrogen-bond donors (Lipinski definition) is 2. The van der Waals surface area contributed by atoms with E-state index in [2.05, 4.69) is 33.3 Å². The van der Waals surface area contributed by atoms with Crippen molar-refractivity contribution in [3.05, 3.63) is 70.5 Å². The van der Waals surface area contributed by atoms with Crippen LogP contribution in [0, 0.1) is 0 Å². The zero-order valence-electron chi connectivity index (χ0n) is 18.7. The molecule has 1 amide bonds. The van der Waals surface area contributed by atoms with Gasteiger partial charge in [-0.05, 0) is 36.2 Å². The van der Waals surface area contributed by atoms with Gasteiger partial charge in [0.25, 0.3) is 0 Å². The molecule has 2 aromatic carbocycles. The molecule has 0 spiro atoms. The highest BCUT2D eigenvalue weighted by Gasteiger charge is 2.34. The van der Waals surface area contributed by atoms with Crippen molar-refractivity contribution < 1.29 is 9.53 Å². The first-order valence-electron chi connectivity index (χ1n) is 11.4. The average molecular weight is 464 g/mol. The van der Waals surface area contributed by atoms with Gasteiger partial charge >= 0.3 is 0 Å². The van der Waals surface area contributed by atoms with Gasteiger partial charge in [-0.15, -0.1) is 11.3 Å². The number of carbonyl (C=O) groups is 1. The van der Waals surface area contributed by atoms with Gasteiger partial charge in [-0.25, -0.2) is 15.8 Å². The number of ether oxygens (including phenoxy) is 1. The molecular weight excluding hydrogens is 434 g/mol. The SMILES string of the molecule is COc1ccc(-c2csc(CN3CCN(C(=O)C4CC(c5ccccc5)NN4)CC3)n2)cc1. The first-order chi connectivity index (χ1) is 16.2. The van der Waals surface area contributed by atoms with Gasteiger partial charge in [-0.3, -0.25) is 9.69 Å². The van der Waals surface area contributed by atoms with Gasteiger partial charge in [-0.2, -0.15) is 0 Å². The Bertz CT molecular complexity index is 1060. The Labute approximate surface area is 198 Å². The number of hydrogen-bond acceptors (Lipinski definition) is 7. The van der Waals surface area contributed by atoms with E-state index < -0.39 is 0 Å². The molecule has 2 atom stereocenters. The monoisotopic (exact) mass is 463 g/mol. The van der Waals surface area contributed by atoms with E-state index >= 15 is 0 Å². The summed E-state index contributed by atoms with van der Waals surface area (Å²) in [5, 5.41) is 3.21. The maximum absolute atomic E-state index is 13.0. The molecule has 0 aliphatic carbocycles. The number of nitrogens with one attached hydrogen (secondary N) is 2. The van der Waals surface area contributed by atoms with Gasteiger partial charge in [0, 0.05) is 43.2 Å². The molecule has 3 aromatic rings. The van der Waals surface area contributed by atoms with E-state index in [0.29, 0.717) is 0 Å². The molecule has 172 valence electrons. The number of benzene rings is 2. The zero-order valence-corrected chi connectivity index (χ0v) is 19.6. The molecule has 0 radical (unpaired) electrons. The van der Waals surface area contributed by atoms with Gasteiger partial charge in [0.05, 0.1) is 19.3 Å². The topological polar surface area (TPSA) is 69.7 Å². The zero-order chi connectivity index (χ0) is 22.6. The van der Waals surface area contributed by atoms with Gasteiger partial charge < -0.3 is 9.64 Å². The molecule has 5 rings (SSSR count). The highest BCUT2D eigenvalue weighted by atomic mass is 32.1. The summed E-state index contributed by atoms with van der Waals surface area (Å²) in [7, 11) is 1.67. The van der Waals surface area contributed by atoms with Crippen LogP contribution in [0.4, 0.5) is 0 Å². The van der Waals surface area contributed by atoms with E-state index in [1.54, 1.807) is 18.4 Å². The number of methoxy groups -OCH3 is 1. The summed E-state index contributed by atoms with van der Waals surface area (Å²) in [6.45, 7) is 4.06. The summed E-state index contributed by atoms with van der Waals surface area (Å²) in [6.07, 6.45) is 0.774. The quantitative estimate of drug-likeness (QED) is 0.586. The summed E-state index contributed by atoms with van der Waals surface area (Å²) in [5.74, 6) is 1.04. The van der Waals surface area contributed by atoms with Crippen molar-refractivity contribution in [2.45, 2.75) is 25.0 Å². The minimum Gasteiger partial charge on any atom is -0.497 e. The fourth-order valence-electron chi connectivity index (χ4n) is 4.44. The lowest BCUT2D eigenvalue weighted by molar-refractivity contribution is -0.135. The highest BCUT2D eigenvalue weighted by Crippen LogP contribution is 2.26. The van der Waals surface area contributed by atoms with Crippen LogP contribution in [-0.2, 0) is 11.3 Å². The molecule has 0 saturated carbocycles. The summed E-state index contributed by atoms with van der Waals surface area (Å²) in [6, 6.07) is 18.3. The standard InChI is InChI=1S/C25H29N5O2S/c1-32-20-9-7-19(8-10-20)23-17-33-24(26-23)16-29-11-13-30(14-12-29)25(31)22-15-21(27-28-22)18-5-3-2-4-6-18/h2-10,17,21-22,27-28H,11-16H2,1H3. The van der Waals surface area contributed by atoms with Crippen molar-refractivity contribution in [3.8, 4) is 17.0 Å². The molecule has 2 aliphatic heterocycles. The maximum atomic E-state index is 13.0. The van der Waals surface area contributed by atoms with Crippen molar-refractivity contribution in [2.24, 2.45) is 0 Å². The Kier molecular flexibility index (Phi) is 6.68. The maximum Gasteiger partial charge on any atom is 0.241 e. The van der Waals surface area contributed by atoms with Crippen LogP contribution in [0.5, 0.6) is 5.75 Å². The molecule has 2 unspecified atom stereocenters. The first kappa shape index (κ1) is 22.0. The van der Waals surface area contributed by atoms with E-state index in [0.717, 1.165) is 61.2 Å². The predicted octanol–water partition coefficient (Wildman–Crippen LogP) is 3.07. The third-order valence-corrected chi connectivity index (χ3v) is 7.22. The molecule has 1 aromatic heterocycles. The smallest absolute Gasteiger partial charge is 0.241 e. The minimum absolute atomic E-state index is 0.172. The molecule has 2 aliphatic rings. The lowest BCUT2D eigenvalue weighted by atomic mass is 10.0. The van der Waals surface area contributed by atoms with Gasteiger partial charge in [0.2, 0.25) is 5.91 Å². The number of aromatic nitrogens is 1. The summed E-state index contributed by atoms with van der Waals surface area (Å²) < 4.78 is 5.23. The van der Waals surface area contributed by atoms with Crippen molar-refractivity contribution >= 4 is 17.2 Å². The van der Waals surface area contributed by atoms with Gasteiger partial charge in [0.15, 0.2) is 0 Å². The molecule has 7 nitrogen and oxygen atoms in total. The number of hydrazine groups is 1. The fourth-order valence-corrected chi connectivity index (χ4v) is 5.28. The van der Waals surface area contributed by atoms with E-state index in [9.17, 15) is 4.79 Å². The second kappa shape index (κ2) is 10.0. The summed E-state index contributed by atoms with van der Waals surface area (Å²) in [4.78, 5) is 22.2. The van der Waals surface area contributed by atoms with E-state index in [-0.39, 0.29) is 18.0 Å². The number of carbonyl (C=O) groups excluding carboxylic acids is 1. The molecule has 8 heteroatoms. The Morgan fingerprint density at radius 1 is 1.06 bits per heavy atom. The second-order valence-electron chi connectivity index (χ2n) is 8.50. The molecule has 2 N–H and O–H groups in total. The van der Waals surface area contributed by atoms with Crippen LogP contribution >= 0.6 is 11.3 Å². The minimum atomic E-state index is -0.173. The molecule has 2 fully saturated rings. The van der Waals surface area contributed by atoms with Crippen LogP contribution in [0.2, 0.25) is 0 Å². The third-order valence-electron chi connectivity index (χ3n) is 6.38. The lowest BCUT2D eigenvalue weighted by Crippen LogP contribution is -2.53. The first-order valence-corrected chi connectivity index (χ1v) is 12.2. The Morgan fingerprint density at radius 2 is 1.82 bits per heavy atom. The Hall–Kier alpha value is -2.78. The van der Waals surface area contributed by atoms with Crippen molar-refractivity contribution in [1.82, 2.24) is 25.6 Å². The number of nitrogens with zero attached hydrogens (tertiary/aromatic N) is 3. The van der Waals surface area contributed by atoms with Crippen LogP contribution in [0.15, 0.2) is 60.0 Å². The highest BCUT2D eigenvalue weighted by molar-refractivity contribution is 7.09. The van der Waals surface area contributed by atoms with E-state index in [1.165, 1.54) is 5.56 Å². The molecule has 0 bridgehead atoms. The van der Waals surface area contributed by atoms with Crippen LogP contribution in [0.25, 0.3) is 11.3 Å². The van der Waals surface area contributed by atoms with Crippen LogP contribution in [-0.4, -0.2) is 60.0 Å². The van der Waals surface area contributed by atoms with Crippen LogP contribution in [0.1, 0.15) is 23.0 Å². The number of amides is 1. The largest absolute Gasteiger partial charge is 0.497 e. The lowest BCUT2D eigenvalue weighted by Gasteiger charge is -2.35. The molecular formula is C25H29N5O2S. The number of piperazine rings is 1. The molecule has 3 heterocycles. The van der Waals surface area contributed by atoms with Crippen LogP contribution in [0.3, 0.4) is 0 Å². The van der Waals surface area contributed by atoms with Crippen LogP contribution < -0.4 is 15.6 Å². The Balaban J connectivity index is 1.11. The van der Waals surface area contributed by atoms with Crippen molar-refractivity contribution in [3.63, 3.8) is 0 Å². The van der Waals surface area contributed by atoms with Gasteiger partial charge in [-0.1, -0.05) is 30.3 Å². The average Bonchev–Trinajstić information content (AvgIpc) is 3.55. The Morgan fingerprint density at radius 3 is 2.55 bits per heavy atom. The summed E-state index contributed by atoms with van der Waals surface area (Å²) >= 11 is 1.69. The molecule has 33 heavy (non-hydrogen) atoms. The van der Waals surface area contributed by atoms with Crippen molar-refractivity contribution in [2.75, 3.05) is 33.3 Å².